The number of carbonyl (C=O) groups excluding carboxylic acids is 1. The van der Waals surface area contributed by atoms with Crippen molar-refractivity contribution in [1.82, 2.24) is 20.1 Å². The molecule has 0 aliphatic carbocycles. The van der Waals surface area contributed by atoms with E-state index in [2.05, 4.69) is 40.3 Å². The van der Waals surface area contributed by atoms with Crippen molar-refractivity contribution < 1.29 is 4.79 Å². The van der Waals surface area contributed by atoms with Gasteiger partial charge >= 0.3 is 0 Å². The minimum Gasteiger partial charge on any atom is -0.357 e. The maximum atomic E-state index is 12.6. The van der Waals surface area contributed by atoms with Gasteiger partial charge in [-0.15, -0.1) is 0 Å². The lowest BCUT2D eigenvalue weighted by Crippen LogP contribution is -2.36. The molecule has 3 heterocycles. The molecule has 1 aliphatic heterocycles. The first kappa shape index (κ1) is 15.0. The first-order chi connectivity index (χ1) is 11.6. The number of hydrogen-bond donors (Lipinski definition) is 2. The number of aromatic amines is 2. The Hall–Kier alpha value is -2.56. The summed E-state index contributed by atoms with van der Waals surface area (Å²) in [6, 6.07) is 8.37. The first-order valence-electron chi connectivity index (χ1n) is 8.50. The van der Waals surface area contributed by atoms with Gasteiger partial charge in [-0.3, -0.25) is 9.89 Å². The lowest BCUT2D eigenvalue weighted by molar-refractivity contribution is -0.132. The normalized spacial score (nSPS) is 14.2. The highest BCUT2D eigenvalue weighted by atomic mass is 16.2. The summed E-state index contributed by atoms with van der Waals surface area (Å²) in [5.74, 6) is 0.208. The predicted octanol–water partition coefficient (Wildman–Crippen LogP) is 3.03. The molecule has 5 heteroatoms. The highest BCUT2D eigenvalue weighted by molar-refractivity contribution is 5.85. The summed E-state index contributed by atoms with van der Waals surface area (Å²) in [5, 5.41) is 8.58. The fraction of sp³-hybridized carbons (Fsp3) is 0.368. The van der Waals surface area contributed by atoms with Crippen LogP contribution in [0.1, 0.15) is 34.6 Å². The summed E-state index contributed by atoms with van der Waals surface area (Å²) in [5.41, 5.74) is 6.97. The molecule has 124 valence electrons. The van der Waals surface area contributed by atoms with Crippen LogP contribution in [0.15, 0.2) is 24.3 Å². The Morgan fingerprint density at radius 3 is 2.92 bits per heavy atom. The fourth-order valence-corrected chi connectivity index (χ4v) is 3.57. The van der Waals surface area contributed by atoms with Gasteiger partial charge in [0.1, 0.15) is 0 Å². The molecule has 0 atom stereocenters. The van der Waals surface area contributed by atoms with Crippen molar-refractivity contribution in [3.05, 3.63) is 52.5 Å². The lowest BCUT2D eigenvalue weighted by Gasteiger charge is -2.27. The standard InChI is InChI=1S/C19H22N4O/c1-12-13(2)21-22-16(12)7-8-19(24)23-10-9-15-14-5-3-4-6-17(14)20-18(15)11-23/h3-6,20H,7-11H2,1-2H3,(H,21,22). The van der Waals surface area contributed by atoms with Crippen molar-refractivity contribution in [2.24, 2.45) is 0 Å². The average Bonchev–Trinajstić information content (AvgIpc) is 3.13. The van der Waals surface area contributed by atoms with Crippen molar-refractivity contribution in [1.29, 1.82) is 0 Å². The van der Waals surface area contributed by atoms with E-state index in [0.717, 1.165) is 24.4 Å². The van der Waals surface area contributed by atoms with E-state index in [4.69, 9.17) is 0 Å². The Bertz CT molecular complexity index is 905. The minimum absolute atomic E-state index is 0.208. The number of amides is 1. The number of aryl methyl sites for hydroxylation is 2. The lowest BCUT2D eigenvalue weighted by atomic mass is 10.0. The number of H-pyrrole nitrogens is 2. The van der Waals surface area contributed by atoms with E-state index >= 15 is 0 Å². The molecule has 4 rings (SSSR count). The third-order valence-corrected chi connectivity index (χ3v) is 5.17. The van der Waals surface area contributed by atoms with Crippen LogP contribution in [0.3, 0.4) is 0 Å². The molecular formula is C19H22N4O. The highest BCUT2D eigenvalue weighted by Crippen LogP contribution is 2.27. The van der Waals surface area contributed by atoms with Crippen LogP contribution in [0.5, 0.6) is 0 Å². The van der Waals surface area contributed by atoms with Crippen LogP contribution in [0, 0.1) is 13.8 Å². The maximum absolute atomic E-state index is 12.6. The van der Waals surface area contributed by atoms with E-state index in [0.29, 0.717) is 19.4 Å². The van der Waals surface area contributed by atoms with Crippen LogP contribution in [0.25, 0.3) is 10.9 Å². The molecule has 1 amide bonds. The Labute approximate surface area is 141 Å². The molecule has 1 aromatic carbocycles. The van der Waals surface area contributed by atoms with Gasteiger partial charge in [0.2, 0.25) is 5.91 Å². The van der Waals surface area contributed by atoms with Gasteiger partial charge in [0.25, 0.3) is 0 Å². The van der Waals surface area contributed by atoms with E-state index in [1.165, 1.54) is 27.7 Å². The number of fused-ring (bicyclic) bond motifs is 3. The molecule has 24 heavy (non-hydrogen) atoms. The topological polar surface area (TPSA) is 64.8 Å². The second-order valence-electron chi connectivity index (χ2n) is 6.61. The van der Waals surface area contributed by atoms with E-state index < -0.39 is 0 Å². The summed E-state index contributed by atoms with van der Waals surface area (Å²) >= 11 is 0. The van der Waals surface area contributed by atoms with Crippen LogP contribution in [0.2, 0.25) is 0 Å². The molecule has 3 aromatic rings. The SMILES string of the molecule is Cc1[nH]nc(CCC(=O)N2CCc3c([nH]c4ccccc34)C2)c1C. The molecule has 5 nitrogen and oxygen atoms in total. The summed E-state index contributed by atoms with van der Waals surface area (Å²) in [6.07, 6.45) is 2.14. The monoisotopic (exact) mass is 322 g/mol. The van der Waals surface area contributed by atoms with Crippen molar-refractivity contribution in [2.75, 3.05) is 6.54 Å². The van der Waals surface area contributed by atoms with E-state index in [9.17, 15) is 4.79 Å². The Balaban J connectivity index is 1.46. The Kier molecular flexibility index (Phi) is 3.63. The molecule has 1 aliphatic rings. The average molecular weight is 322 g/mol. The molecule has 0 saturated heterocycles. The minimum atomic E-state index is 0.208. The second kappa shape index (κ2) is 5.82. The largest absolute Gasteiger partial charge is 0.357 e. The van der Waals surface area contributed by atoms with E-state index in [1.807, 2.05) is 17.9 Å². The number of para-hydroxylation sites is 1. The van der Waals surface area contributed by atoms with Gasteiger partial charge in [0.15, 0.2) is 0 Å². The number of aromatic nitrogens is 3. The van der Waals surface area contributed by atoms with Crippen molar-refractivity contribution in [3.63, 3.8) is 0 Å². The fourth-order valence-electron chi connectivity index (χ4n) is 3.57. The van der Waals surface area contributed by atoms with Gasteiger partial charge in [-0.25, -0.2) is 0 Å². The highest BCUT2D eigenvalue weighted by Gasteiger charge is 2.23. The van der Waals surface area contributed by atoms with Gasteiger partial charge in [-0.1, -0.05) is 18.2 Å². The smallest absolute Gasteiger partial charge is 0.223 e. The van der Waals surface area contributed by atoms with Crippen molar-refractivity contribution in [2.45, 2.75) is 39.7 Å². The quantitative estimate of drug-likeness (QED) is 0.778. The summed E-state index contributed by atoms with van der Waals surface area (Å²) in [6.45, 7) is 5.54. The van der Waals surface area contributed by atoms with Crippen molar-refractivity contribution >= 4 is 16.8 Å². The van der Waals surface area contributed by atoms with E-state index in [1.54, 1.807) is 0 Å². The van der Waals surface area contributed by atoms with E-state index in [-0.39, 0.29) is 5.91 Å². The number of nitrogens with zero attached hydrogens (tertiary/aromatic N) is 2. The third kappa shape index (κ3) is 2.50. The van der Waals surface area contributed by atoms with Crippen LogP contribution in [0.4, 0.5) is 0 Å². The molecule has 0 unspecified atom stereocenters. The molecule has 0 spiro atoms. The van der Waals surface area contributed by atoms with Crippen LogP contribution >= 0.6 is 0 Å². The number of carbonyl (C=O) groups is 1. The molecule has 0 saturated carbocycles. The number of benzene rings is 1. The van der Waals surface area contributed by atoms with Crippen LogP contribution in [-0.4, -0.2) is 32.5 Å². The zero-order chi connectivity index (χ0) is 16.7. The van der Waals surface area contributed by atoms with Gasteiger partial charge in [-0.05, 0) is 37.5 Å². The summed E-state index contributed by atoms with van der Waals surface area (Å²) in [4.78, 5) is 18.0. The van der Waals surface area contributed by atoms with Crippen LogP contribution in [-0.2, 0) is 24.2 Å². The molecule has 0 fully saturated rings. The molecule has 2 N–H and O–H groups in total. The second-order valence-corrected chi connectivity index (χ2v) is 6.61. The first-order valence-corrected chi connectivity index (χ1v) is 8.50. The van der Waals surface area contributed by atoms with Crippen molar-refractivity contribution in [3.8, 4) is 0 Å². The van der Waals surface area contributed by atoms with Gasteiger partial charge < -0.3 is 9.88 Å². The Morgan fingerprint density at radius 2 is 2.12 bits per heavy atom. The summed E-state index contributed by atoms with van der Waals surface area (Å²) < 4.78 is 0. The third-order valence-electron chi connectivity index (χ3n) is 5.17. The molecule has 2 aromatic heterocycles. The predicted molar refractivity (Wildman–Crippen MR) is 93.8 cm³/mol. The van der Waals surface area contributed by atoms with Gasteiger partial charge in [-0.2, -0.15) is 5.10 Å². The van der Waals surface area contributed by atoms with Gasteiger partial charge in [0.05, 0.1) is 12.2 Å². The van der Waals surface area contributed by atoms with Crippen LogP contribution < -0.4 is 0 Å². The molecule has 0 radical (unpaired) electrons. The molecule has 0 bridgehead atoms. The maximum Gasteiger partial charge on any atom is 0.223 e. The zero-order valence-electron chi connectivity index (χ0n) is 14.1. The molecular weight excluding hydrogens is 300 g/mol. The number of rotatable bonds is 3. The Morgan fingerprint density at radius 1 is 1.29 bits per heavy atom. The number of nitrogens with one attached hydrogen (secondary N) is 2. The number of hydrogen-bond acceptors (Lipinski definition) is 2. The van der Waals surface area contributed by atoms with Gasteiger partial charge in [0, 0.05) is 41.7 Å². The summed E-state index contributed by atoms with van der Waals surface area (Å²) in [7, 11) is 0. The zero-order valence-corrected chi connectivity index (χ0v) is 14.1.